The molecule has 1 aromatic rings. The Labute approximate surface area is 143 Å². The normalized spacial score (nSPS) is 10.1. The molecule has 0 atom stereocenters. The highest BCUT2D eigenvalue weighted by Crippen LogP contribution is 2.17. The lowest BCUT2D eigenvalue weighted by molar-refractivity contribution is -0.144. The Morgan fingerprint density at radius 2 is 1.38 bits per heavy atom. The van der Waals surface area contributed by atoms with Crippen LogP contribution in [0.5, 0.6) is 11.5 Å². The first-order valence-corrected chi connectivity index (χ1v) is 8.26. The summed E-state index contributed by atoms with van der Waals surface area (Å²) < 4.78 is 20.8. The van der Waals surface area contributed by atoms with Crippen LogP contribution in [0.4, 0.5) is 0 Å². The van der Waals surface area contributed by atoms with Gasteiger partial charge in [-0.3, -0.25) is 9.59 Å². The Hall–Kier alpha value is -2.24. The first kappa shape index (κ1) is 19.8. The van der Waals surface area contributed by atoms with Crippen molar-refractivity contribution in [3.63, 3.8) is 0 Å². The molecule has 0 saturated heterocycles. The number of esters is 2. The van der Waals surface area contributed by atoms with Crippen molar-refractivity contribution in [2.45, 2.75) is 39.5 Å². The van der Waals surface area contributed by atoms with E-state index in [1.54, 1.807) is 24.3 Å². The van der Waals surface area contributed by atoms with E-state index < -0.39 is 0 Å². The maximum Gasteiger partial charge on any atom is 0.305 e. The molecule has 0 unspecified atom stereocenters. The topological polar surface area (TPSA) is 71.1 Å². The number of carbonyl (C=O) groups excluding carboxylic acids is 2. The van der Waals surface area contributed by atoms with Gasteiger partial charge in [-0.15, -0.1) is 0 Å². The van der Waals surface area contributed by atoms with E-state index in [9.17, 15) is 9.59 Å². The Morgan fingerprint density at radius 1 is 0.833 bits per heavy atom. The Morgan fingerprint density at radius 3 is 1.88 bits per heavy atom. The van der Waals surface area contributed by atoms with E-state index in [1.807, 2.05) is 0 Å². The Bertz CT molecular complexity index is 483. The molecule has 0 aliphatic heterocycles. The highest BCUT2D eigenvalue weighted by molar-refractivity contribution is 5.69. The van der Waals surface area contributed by atoms with Crippen LogP contribution in [0.2, 0.25) is 0 Å². The zero-order valence-electron chi connectivity index (χ0n) is 14.4. The van der Waals surface area contributed by atoms with Crippen molar-refractivity contribution in [3.8, 4) is 11.5 Å². The minimum Gasteiger partial charge on any atom is -0.490 e. The van der Waals surface area contributed by atoms with Gasteiger partial charge in [0.15, 0.2) is 0 Å². The zero-order chi connectivity index (χ0) is 17.6. The van der Waals surface area contributed by atoms with Crippen LogP contribution in [0.3, 0.4) is 0 Å². The lowest BCUT2D eigenvalue weighted by atomic mass is 10.2. The molecule has 0 heterocycles. The van der Waals surface area contributed by atoms with Crippen LogP contribution in [0.15, 0.2) is 24.3 Å². The summed E-state index contributed by atoms with van der Waals surface area (Å²) in [5, 5.41) is 0. The molecular formula is C18H26O6. The van der Waals surface area contributed by atoms with E-state index in [4.69, 9.17) is 18.9 Å². The molecule has 0 aliphatic carbocycles. The second kappa shape index (κ2) is 12.2. The van der Waals surface area contributed by atoms with E-state index in [2.05, 4.69) is 6.92 Å². The van der Waals surface area contributed by atoms with Crippen LogP contribution < -0.4 is 9.47 Å². The van der Waals surface area contributed by atoms with Crippen LogP contribution >= 0.6 is 0 Å². The van der Waals surface area contributed by atoms with Crippen LogP contribution in [0.25, 0.3) is 0 Å². The quantitative estimate of drug-likeness (QED) is 0.431. The molecule has 0 radical (unpaired) electrons. The maximum absolute atomic E-state index is 11.4. The van der Waals surface area contributed by atoms with Crippen molar-refractivity contribution in [1.29, 1.82) is 0 Å². The third-order valence-corrected chi connectivity index (χ3v) is 3.08. The lowest BCUT2D eigenvalue weighted by Crippen LogP contribution is -2.12. The zero-order valence-corrected chi connectivity index (χ0v) is 14.4. The summed E-state index contributed by atoms with van der Waals surface area (Å²) in [7, 11) is 0. The van der Waals surface area contributed by atoms with Gasteiger partial charge in [0.1, 0.15) is 37.9 Å². The first-order chi connectivity index (χ1) is 11.6. The largest absolute Gasteiger partial charge is 0.490 e. The van der Waals surface area contributed by atoms with Gasteiger partial charge in [0.25, 0.3) is 0 Å². The molecule has 24 heavy (non-hydrogen) atoms. The van der Waals surface area contributed by atoms with Crippen LogP contribution in [-0.2, 0) is 19.1 Å². The average Bonchev–Trinajstić information content (AvgIpc) is 2.57. The monoisotopic (exact) mass is 338 g/mol. The summed E-state index contributed by atoms with van der Waals surface area (Å²) in [6, 6.07) is 7.06. The van der Waals surface area contributed by atoms with Crippen molar-refractivity contribution in [1.82, 2.24) is 0 Å². The second-order valence-electron chi connectivity index (χ2n) is 5.19. The van der Waals surface area contributed by atoms with Gasteiger partial charge in [-0.2, -0.15) is 0 Å². The van der Waals surface area contributed by atoms with E-state index >= 15 is 0 Å². The number of hydrogen-bond donors (Lipinski definition) is 0. The fraction of sp³-hybridized carbons (Fsp3) is 0.556. The van der Waals surface area contributed by atoms with Gasteiger partial charge < -0.3 is 18.9 Å². The summed E-state index contributed by atoms with van der Waals surface area (Å²) in [5.74, 6) is 0.832. The first-order valence-electron chi connectivity index (χ1n) is 8.26. The second-order valence-corrected chi connectivity index (χ2v) is 5.19. The molecular weight excluding hydrogens is 312 g/mol. The summed E-state index contributed by atoms with van der Waals surface area (Å²) in [4.78, 5) is 22.0. The van der Waals surface area contributed by atoms with Gasteiger partial charge >= 0.3 is 11.9 Å². The molecule has 0 amide bonds. The summed E-state index contributed by atoms with van der Waals surface area (Å²) >= 11 is 0. The standard InChI is InChI=1S/C18H26O6/c1-3-4-5-6-18(20)24-14-13-23-17-9-7-16(8-10-17)22-12-11-21-15(2)19/h7-10H,3-6,11-14H2,1-2H3. The van der Waals surface area contributed by atoms with Crippen LogP contribution in [0.1, 0.15) is 39.5 Å². The molecule has 1 rings (SSSR count). The predicted octanol–water partition coefficient (Wildman–Crippen LogP) is 3.13. The molecule has 0 spiro atoms. The van der Waals surface area contributed by atoms with Crippen molar-refractivity contribution in [2.24, 2.45) is 0 Å². The predicted molar refractivity (Wildman–Crippen MR) is 89.2 cm³/mol. The van der Waals surface area contributed by atoms with Gasteiger partial charge in [-0.1, -0.05) is 19.8 Å². The third-order valence-electron chi connectivity index (χ3n) is 3.08. The molecule has 6 heteroatoms. The molecule has 1 aromatic carbocycles. The van der Waals surface area contributed by atoms with Gasteiger partial charge in [0.2, 0.25) is 0 Å². The Kier molecular flexibility index (Phi) is 10.1. The minimum atomic E-state index is -0.326. The van der Waals surface area contributed by atoms with Gasteiger partial charge in [-0.25, -0.2) is 0 Å². The molecule has 6 nitrogen and oxygen atoms in total. The smallest absolute Gasteiger partial charge is 0.305 e. The number of carbonyl (C=O) groups is 2. The average molecular weight is 338 g/mol. The fourth-order valence-electron chi connectivity index (χ4n) is 1.88. The molecule has 0 N–H and O–H groups in total. The van der Waals surface area contributed by atoms with Crippen molar-refractivity contribution >= 4 is 11.9 Å². The summed E-state index contributed by atoms with van der Waals surface area (Å²) in [6.07, 6.45) is 3.46. The molecule has 0 aromatic heterocycles. The molecule has 0 aliphatic rings. The number of hydrogen-bond acceptors (Lipinski definition) is 6. The van der Waals surface area contributed by atoms with E-state index in [0.717, 1.165) is 19.3 Å². The Balaban J connectivity index is 2.13. The van der Waals surface area contributed by atoms with Gasteiger partial charge in [-0.05, 0) is 30.7 Å². The number of ether oxygens (including phenoxy) is 4. The third kappa shape index (κ3) is 9.71. The number of rotatable bonds is 12. The molecule has 0 saturated carbocycles. The number of unbranched alkanes of at least 4 members (excludes halogenated alkanes) is 2. The number of benzene rings is 1. The van der Waals surface area contributed by atoms with E-state index in [0.29, 0.717) is 31.1 Å². The van der Waals surface area contributed by atoms with Crippen molar-refractivity contribution in [3.05, 3.63) is 24.3 Å². The fourth-order valence-corrected chi connectivity index (χ4v) is 1.88. The molecule has 0 bridgehead atoms. The molecule has 134 valence electrons. The highest BCUT2D eigenvalue weighted by atomic mass is 16.6. The van der Waals surface area contributed by atoms with E-state index in [1.165, 1.54) is 6.92 Å². The van der Waals surface area contributed by atoms with Gasteiger partial charge in [0.05, 0.1) is 0 Å². The maximum atomic E-state index is 11.4. The summed E-state index contributed by atoms with van der Waals surface area (Å²) in [6.45, 7) is 4.52. The van der Waals surface area contributed by atoms with Crippen LogP contribution in [0, 0.1) is 0 Å². The summed E-state index contributed by atoms with van der Waals surface area (Å²) in [5.41, 5.74) is 0. The van der Waals surface area contributed by atoms with Crippen molar-refractivity contribution in [2.75, 3.05) is 26.4 Å². The van der Waals surface area contributed by atoms with Gasteiger partial charge in [0, 0.05) is 13.3 Å². The van der Waals surface area contributed by atoms with Crippen LogP contribution in [-0.4, -0.2) is 38.4 Å². The van der Waals surface area contributed by atoms with Crippen molar-refractivity contribution < 1.29 is 28.5 Å². The molecule has 0 fully saturated rings. The highest BCUT2D eigenvalue weighted by Gasteiger charge is 2.02. The SMILES string of the molecule is CCCCCC(=O)OCCOc1ccc(OCCOC(C)=O)cc1. The van der Waals surface area contributed by atoms with E-state index in [-0.39, 0.29) is 25.2 Å². The minimum absolute atomic E-state index is 0.177. The lowest BCUT2D eigenvalue weighted by Gasteiger charge is -2.09.